The van der Waals surface area contributed by atoms with Crippen molar-refractivity contribution in [3.8, 4) is 0 Å². The Labute approximate surface area is 280 Å². The Bertz CT molecular complexity index is 965. The van der Waals surface area contributed by atoms with Crippen LogP contribution < -0.4 is 21.3 Å². The summed E-state index contributed by atoms with van der Waals surface area (Å²) < 4.78 is 0. The fourth-order valence-electron chi connectivity index (χ4n) is 5.60. The third-order valence-electron chi connectivity index (χ3n) is 8.96. The highest BCUT2D eigenvalue weighted by Crippen LogP contribution is 2.21. The van der Waals surface area contributed by atoms with Crippen LogP contribution in [0.2, 0.25) is 0 Å². The predicted octanol–water partition coefficient (Wildman–Crippen LogP) is 8.20. The average Bonchev–Trinajstić information content (AvgIpc) is 3.07. The number of amides is 4. The van der Waals surface area contributed by atoms with Crippen molar-refractivity contribution >= 4 is 23.6 Å². The maximum Gasteiger partial charge on any atom is 0.252 e. The van der Waals surface area contributed by atoms with Gasteiger partial charge in [0.2, 0.25) is 0 Å². The van der Waals surface area contributed by atoms with Gasteiger partial charge in [0, 0.05) is 26.2 Å². The van der Waals surface area contributed by atoms with Crippen LogP contribution in [0.15, 0.2) is 12.1 Å². The van der Waals surface area contributed by atoms with E-state index in [0.29, 0.717) is 38.0 Å². The second-order valence-electron chi connectivity index (χ2n) is 12.8. The van der Waals surface area contributed by atoms with Crippen molar-refractivity contribution in [1.82, 2.24) is 21.3 Å². The molecule has 0 aliphatic heterocycles. The van der Waals surface area contributed by atoms with Gasteiger partial charge < -0.3 is 21.3 Å². The Morgan fingerprint density at radius 1 is 0.457 bits per heavy atom. The number of benzene rings is 1. The van der Waals surface area contributed by atoms with Crippen LogP contribution in [-0.2, 0) is 0 Å². The van der Waals surface area contributed by atoms with Crippen molar-refractivity contribution < 1.29 is 19.2 Å². The van der Waals surface area contributed by atoms with Crippen molar-refractivity contribution in [1.29, 1.82) is 0 Å². The number of carbonyl (C=O) groups excluding carboxylic acids is 4. The fourth-order valence-corrected chi connectivity index (χ4v) is 5.60. The smallest absolute Gasteiger partial charge is 0.252 e. The highest BCUT2D eigenvalue weighted by atomic mass is 16.2. The molecule has 8 heteroatoms. The third kappa shape index (κ3) is 15.6. The molecule has 1 aromatic rings. The third-order valence-corrected chi connectivity index (χ3v) is 8.96. The zero-order valence-corrected chi connectivity index (χ0v) is 30.1. The Hall–Kier alpha value is -2.90. The number of nitrogens with one attached hydrogen (secondary N) is 4. The van der Waals surface area contributed by atoms with Crippen molar-refractivity contribution in [2.24, 2.45) is 11.8 Å². The SMILES string of the molecule is CCCCCCNC(=O)c1cc(C(=O)NCCCCCC)c(C(=O)NCC(CC)CCCC)cc1C(=O)NCC(CC)CCCC. The molecule has 0 fully saturated rings. The molecule has 0 saturated heterocycles. The minimum absolute atomic E-state index is 0.122. The maximum absolute atomic E-state index is 13.7. The van der Waals surface area contributed by atoms with Gasteiger partial charge in [0.05, 0.1) is 22.3 Å². The van der Waals surface area contributed by atoms with E-state index in [0.717, 1.165) is 103 Å². The van der Waals surface area contributed by atoms with Crippen LogP contribution in [-0.4, -0.2) is 49.8 Å². The van der Waals surface area contributed by atoms with Crippen LogP contribution in [0.1, 0.15) is 186 Å². The predicted molar refractivity (Wildman–Crippen MR) is 191 cm³/mol. The van der Waals surface area contributed by atoms with E-state index in [4.69, 9.17) is 0 Å². The van der Waals surface area contributed by atoms with E-state index in [2.05, 4.69) is 62.8 Å². The monoisotopic (exact) mass is 643 g/mol. The molecule has 0 radical (unpaired) electrons. The molecule has 0 aliphatic rings. The number of hydrogen-bond donors (Lipinski definition) is 4. The summed E-state index contributed by atoms with van der Waals surface area (Å²) in [5, 5.41) is 12.0. The molecular formula is C38H66N4O4. The molecule has 4 amide bonds. The van der Waals surface area contributed by atoms with Crippen LogP contribution in [0, 0.1) is 11.8 Å². The summed E-state index contributed by atoms with van der Waals surface area (Å²) in [6.07, 6.45) is 16.3. The molecule has 0 saturated carbocycles. The normalized spacial score (nSPS) is 12.3. The highest BCUT2D eigenvalue weighted by molar-refractivity contribution is 6.14. The second-order valence-corrected chi connectivity index (χ2v) is 12.8. The quantitative estimate of drug-likeness (QED) is 0.0762. The minimum Gasteiger partial charge on any atom is -0.352 e. The molecule has 0 aliphatic carbocycles. The van der Waals surface area contributed by atoms with E-state index in [9.17, 15) is 19.2 Å². The van der Waals surface area contributed by atoms with Gasteiger partial charge in [-0.25, -0.2) is 0 Å². The lowest BCUT2D eigenvalue weighted by Gasteiger charge is -2.19. The van der Waals surface area contributed by atoms with Crippen molar-refractivity contribution in [2.45, 2.75) is 144 Å². The van der Waals surface area contributed by atoms with E-state index < -0.39 is 23.6 Å². The van der Waals surface area contributed by atoms with Gasteiger partial charge in [-0.1, -0.05) is 119 Å². The standard InChI is InChI=1S/C38H66N4O4/c1-7-13-17-19-23-39-35(43)31-25-32(36(44)40-24-20-18-14-8-2)34(38(46)42-28-30(12-6)22-16-10-4)26-33(31)37(45)41-27-29(11-5)21-15-9-3/h25-26,29-30H,7-24,27-28H2,1-6H3,(H,39,43)(H,40,44)(H,41,45)(H,42,46). The summed E-state index contributed by atoms with van der Waals surface area (Å²) in [5.41, 5.74) is 0.492. The molecule has 4 N–H and O–H groups in total. The highest BCUT2D eigenvalue weighted by Gasteiger charge is 2.26. The van der Waals surface area contributed by atoms with Crippen LogP contribution in [0.3, 0.4) is 0 Å². The molecule has 0 spiro atoms. The fraction of sp³-hybridized carbons (Fsp3) is 0.737. The van der Waals surface area contributed by atoms with Crippen molar-refractivity contribution in [3.05, 3.63) is 34.4 Å². The minimum atomic E-state index is -0.408. The first kappa shape index (κ1) is 41.1. The number of unbranched alkanes of at least 4 members (excludes halogenated alkanes) is 8. The summed E-state index contributed by atoms with van der Waals surface area (Å²) in [6.45, 7) is 14.7. The Morgan fingerprint density at radius 2 is 0.783 bits per heavy atom. The van der Waals surface area contributed by atoms with E-state index in [-0.39, 0.29) is 22.3 Å². The zero-order valence-electron chi connectivity index (χ0n) is 30.1. The molecule has 1 rings (SSSR count). The van der Waals surface area contributed by atoms with Crippen LogP contribution in [0.5, 0.6) is 0 Å². The van der Waals surface area contributed by atoms with Crippen molar-refractivity contribution in [3.63, 3.8) is 0 Å². The summed E-state index contributed by atoms with van der Waals surface area (Å²) in [7, 11) is 0. The van der Waals surface area contributed by atoms with Crippen molar-refractivity contribution in [2.75, 3.05) is 26.2 Å². The lowest BCUT2D eigenvalue weighted by atomic mass is 9.94. The lowest BCUT2D eigenvalue weighted by molar-refractivity contribution is 0.0903. The Balaban J connectivity index is 3.49. The van der Waals surface area contributed by atoms with E-state index in [1.54, 1.807) is 0 Å². The first-order valence-corrected chi connectivity index (χ1v) is 18.6. The van der Waals surface area contributed by atoms with Crippen LogP contribution >= 0.6 is 0 Å². The number of hydrogen-bond acceptors (Lipinski definition) is 4. The maximum atomic E-state index is 13.7. The van der Waals surface area contributed by atoms with E-state index in [1.807, 2.05) is 0 Å². The van der Waals surface area contributed by atoms with Gasteiger partial charge in [0.25, 0.3) is 23.6 Å². The van der Waals surface area contributed by atoms with Gasteiger partial charge in [-0.05, 0) is 49.7 Å². The van der Waals surface area contributed by atoms with E-state index >= 15 is 0 Å². The Kier molecular flexibility index (Phi) is 22.5. The molecule has 46 heavy (non-hydrogen) atoms. The molecule has 0 bridgehead atoms. The van der Waals surface area contributed by atoms with Gasteiger partial charge in [0.15, 0.2) is 0 Å². The topological polar surface area (TPSA) is 116 Å². The first-order chi connectivity index (χ1) is 22.3. The van der Waals surface area contributed by atoms with Gasteiger partial charge in [0.1, 0.15) is 0 Å². The Morgan fingerprint density at radius 3 is 1.09 bits per heavy atom. The lowest BCUT2D eigenvalue weighted by Crippen LogP contribution is -2.36. The average molecular weight is 643 g/mol. The first-order valence-electron chi connectivity index (χ1n) is 18.6. The van der Waals surface area contributed by atoms with Gasteiger partial charge in [-0.15, -0.1) is 0 Å². The number of carbonyl (C=O) groups is 4. The number of rotatable bonds is 26. The van der Waals surface area contributed by atoms with Crippen LogP contribution in [0.4, 0.5) is 0 Å². The summed E-state index contributed by atoms with van der Waals surface area (Å²) in [4.78, 5) is 54.5. The van der Waals surface area contributed by atoms with Gasteiger partial charge in [-0.3, -0.25) is 19.2 Å². The molecule has 8 nitrogen and oxygen atoms in total. The summed E-state index contributed by atoms with van der Waals surface area (Å²) >= 11 is 0. The molecular weight excluding hydrogens is 576 g/mol. The van der Waals surface area contributed by atoms with Crippen LogP contribution in [0.25, 0.3) is 0 Å². The summed E-state index contributed by atoms with van der Waals surface area (Å²) in [6, 6.07) is 2.91. The molecule has 1 aromatic carbocycles. The largest absolute Gasteiger partial charge is 0.352 e. The van der Waals surface area contributed by atoms with E-state index in [1.165, 1.54) is 12.1 Å². The summed E-state index contributed by atoms with van der Waals surface area (Å²) in [5.74, 6) is -0.964. The molecule has 0 aromatic heterocycles. The zero-order chi connectivity index (χ0) is 34.2. The molecule has 0 heterocycles. The van der Waals surface area contributed by atoms with Gasteiger partial charge in [-0.2, -0.15) is 0 Å². The molecule has 2 atom stereocenters. The second kappa shape index (κ2) is 25.2. The molecule has 2 unspecified atom stereocenters. The molecule has 262 valence electrons. The van der Waals surface area contributed by atoms with Gasteiger partial charge >= 0.3 is 0 Å².